The van der Waals surface area contributed by atoms with Gasteiger partial charge in [-0.05, 0) is 85.1 Å². The van der Waals surface area contributed by atoms with Crippen LogP contribution in [0.2, 0.25) is 0 Å². The van der Waals surface area contributed by atoms with Gasteiger partial charge < -0.3 is 13.6 Å². The maximum absolute atomic E-state index is 6.73. The molecule has 3 nitrogen and oxygen atoms in total. The van der Waals surface area contributed by atoms with Gasteiger partial charge in [-0.25, -0.2) is 0 Å². The van der Waals surface area contributed by atoms with Gasteiger partial charge in [0.25, 0.3) is 0 Å². The molecule has 0 N–H and O–H groups in total. The van der Waals surface area contributed by atoms with E-state index in [4.69, 9.17) is 13.6 Å². The van der Waals surface area contributed by atoms with Gasteiger partial charge in [0.1, 0.15) is 17.2 Å². The highest BCUT2D eigenvalue weighted by atomic mass is 31.2. The zero-order chi connectivity index (χ0) is 29.5. The molecule has 6 aromatic carbocycles. The predicted molar refractivity (Wildman–Crippen MR) is 178 cm³/mol. The van der Waals surface area contributed by atoms with Crippen molar-refractivity contribution in [1.29, 1.82) is 0 Å². The third-order valence-corrected chi connectivity index (χ3v) is 8.65. The van der Waals surface area contributed by atoms with Crippen molar-refractivity contribution in [1.82, 2.24) is 0 Å². The van der Waals surface area contributed by atoms with E-state index in [1.54, 1.807) is 0 Å². The van der Waals surface area contributed by atoms with Crippen LogP contribution in [0, 0.1) is 0 Å². The lowest BCUT2D eigenvalue weighted by molar-refractivity contribution is 0.383. The quantitative estimate of drug-likeness (QED) is 0.186. The molecule has 0 heterocycles. The topological polar surface area (TPSA) is 27.7 Å². The number of rotatable bonds is 6. The zero-order valence-electron chi connectivity index (χ0n) is 25.1. The highest BCUT2D eigenvalue weighted by Gasteiger charge is 2.27. The van der Waals surface area contributed by atoms with Gasteiger partial charge in [-0.2, -0.15) is 0 Å². The van der Waals surface area contributed by atoms with E-state index < -0.39 is 8.60 Å². The fourth-order valence-corrected chi connectivity index (χ4v) is 6.16. The minimum atomic E-state index is -1.84. The van der Waals surface area contributed by atoms with Crippen LogP contribution >= 0.6 is 8.60 Å². The molecule has 0 saturated heterocycles. The Morgan fingerprint density at radius 3 is 1.45 bits per heavy atom. The molecule has 0 unspecified atom stereocenters. The van der Waals surface area contributed by atoms with Crippen LogP contribution in [0.25, 0.3) is 32.3 Å². The minimum Gasteiger partial charge on any atom is -0.408 e. The number of benzene rings is 6. The molecule has 0 atom stereocenters. The molecule has 0 radical (unpaired) electrons. The maximum atomic E-state index is 6.73. The summed E-state index contributed by atoms with van der Waals surface area (Å²) in [6, 6.07) is 39.8. The first-order valence-electron chi connectivity index (χ1n) is 14.4. The van der Waals surface area contributed by atoms with Crippen LogP contribution in [-0.2, 0) is 10.8 Å². The van der Waals surface area contributed by atoms with Crippen molar-refractivity contribution in [3.05, 3.63) is 126 Å². The Bertz CT molecular complexity index is 1810. The molecule has 0 spiro atoms. The lowest BCUT2D eigenvalue weighted by atomic mass is 9.83. The number of fused-ring (bicyclic) bond motifs is 3. The van der Waals surface area contributed by atoms with Crippen LogP contribution < -0.4 is 13.6 Å². The zero-order valence-corrected chi connectivity index (χ0v) is 26.0. The fraction of sp³-hybridized carbons (Fsp3) is 0.211. The Morgan fingerprint density at radius 1 is 0.429 bits per heavy atom. The van der Waals surface area contributed by atoms with Gasteiger partial charge in [-0.1, -0.05) is 120 Å². The van der Waals surface area contributed by atoms with Crippen molar-refractivity contribution >= 4 is 40.9 Å². The lowest BCUT2D eigenvalue weighted by Crippen LogP contribution is -2.14. The SMILES string of the molecule is CC(C)(C)c1ccc2cc(OP(Oc3ccc4ccccc4c3)Oc3ccc4ccccc4c3)c(C(C)(C)C)cc2c1. The Balaban J connectivity index is 1.41. The summed E-state index contributed by atoms with van der Waals surface area (Å²) in [4.78, 5) is 0. The summed E-state index contributed by atoms with van der Waals surface area (Å²) in [6.45, 7) is 13.4. The van der Waals surface area contributed by atoms with Crippen LogP contribution in [0.5, 0.6) is 17.2 Å². The van der Waals surface area contributed by atoms with E-state index in [1.165, 1.54) is 10.9 Å². The molecule has 0 bridgehead atoms. The van der Waals surface area contributed by atoms with Crippen LogP contribution in [0.1, 0.15) is 52.7 Å². The highest BCUT2D eigenvalue weighted by molar-refractivity contribution is 7.43. The molecule has 4 heteroatoms. The molecule has 0 aliphatic carbocycles. The van der Waals surface area contributed by atoms with Crippen LogP contribution in [0.3, 0.4) is 0 Å². The minimum absolute atomic E-state index is 0.0704. The normalized spacial score (nSPS) is 12.3. The van der Waals surface area contributed by atoms with E-state index in [2.05, 4.69) is 108 Å². The number of hydrogen-bond donors (Lipinski definition) is 0. The summed E-state index contributed by atoms with van der Waals surface area (Å²) in [6.07, 6.45) is 0. The maximum Gasteiger partial charge on any atom is 0.530 e. The van der Waals surface area contributed by atoms with Crippen molar-refractivity contribution < 1.29 is 13.6 Å². The first-order valence-corrected chi connectivity index (χ1v) is 15.5. The summed E-state index contributed by atoms with van der Waals surface area (Å²) in [5.41, 5.74) is 2.33. The van der Waals surface area contributed by atoms with Crippen molar-refractivity contribution in [2.45, 2.75) is 52.4 Å². The molecular weight excluding hydrogens is 535 g/mol. The predicted octanol–water partition coefficient (Wildman–Crippen LogP) is 11.5. The van der Waals surface area contributed by atoms with E-state index in [0.717, 1.165) is 38.2 Å². The fourth-order valence-electron chi connectivity index (χ4n) is 5.16. The van der Waals surface area contributed by atoms with Crippen molar-refractivity contribution in [2.75, 3.05) is 0 Å². The van der Waals surface area contributed by atoms with Crippen LogP contribution in [-0.4, -0.2) is 0 Å². The standard InChI is InChI=1S/C38H37O3P/c1-37(2,3)32-18-15-30-25-36(35(38(4,5)6)24-31(30)21-32)41-42(39-33-19-16-26-11-7-9-13-28(26)22-33)40-34-20-17-27-12-8-10-14-29(27)23-34/h7-25H,1-6H3. The lowest BCUT2D eigenvalue weighted by Gasteiger charge is -2.26. The molecule has 6 rings (SSSR count). The van der Waals surface area contributed by atoms with Gasteiger partial charge in [0, 0.05) is 5.56 Å². The van der Waals surface area contributed by atoms with Gasteiger partial charge >= 0.3 is 8.60 Å². The largest absolute Gasteiger partial charge is 0.530 e. The highest BCUT2D eigenvalue weighted by Crippen LogP contribution is 2.47. The second-order valence-electron chi connectivity index (χ2n) is 12.9. The third kappa shape index (κ3) is 6.08. The monoisotopic (exact) mass is 572 g/mol. The van der Waals surface area contributed by atoms with Gasteiger partial charge in [0.15, 0.2) is 0 Å². The van der Waals surface area contributed by atoms with Crippen molar-refractivity contribution in [2.24, 2.45) is 0 Å². The van der Waals surface area contributed by atoms with Gasteiger partial charge in [0.05, 0.1) is 0 Å². The molecule has 0 fully saturated rings. The summed E-state index contributed by atoms with van der Waals surface area (Å²) in [7, 11) is -1.84. The third-order valence-electron chi connectivity index (χ3n) is 7.59. The van der Waals surface area contributed by atoms with Gasteiger partial charge in [0.2, 0.25) is 0 Å². The molecule has 0 amide bonds. The molecule has 0 saturated carbocycles. The van der Waals surface area contributed by atoms with Crippen molar-refractivity contribution in [3.63, 3.8) is 0 Å². The summed E-state index contributed by atoms with van der Waals surface area (Å²) in [5.74, 6) is 2.17. The molecule has 42 heavy (non-hydrogen) atoms. The summed E-state index contributed by atoms with van der Waals surface area (Å²) < 4.78 is 19.7. The molecular formula is C38H37O3P. The Hall–Kier alpha value is -4.07. The molecule has 0 aliphatic heterocycles. The molecule has 6 aromatic rings. The molecule has 0 aliphatic rings. The smallest absolute Gasteiger partial charge is 0.408 e. The second-order valence-corrected chi connectivity index (χ2v) is 13.9. The Labute approximate surface area is 250 Å². The van der Waals surface area contributed by atoms with Crippen LogP contribution in [0.15, 0.2) is 115 Å². The number of hydrogen-bond acceptors (Lipinski definition) is 3. The second kappa shape index (κ2) is 11.0. The average Bonchev–Trinajstić information content (AvgIpc) is 2.95. The van der Waals surface area contributed by atoms with E-state index in [0.29, 0.717) is 11.5 Å². The van der Waals surface area contributed by atoms with E-state index in [1.807, 2.05) is 48.5 Å². The first-order chi connectivity index (χ1) is 20.0. The van der Waals surface area contributed by atoms with Crippen molar-refractivity contribution in [3.8, 4) is 17.2 Å². The average molecular weight is 573 g/mol. The molecule has 212 valence electrons. The van der Waals surface area contributed by atoms with E-state index in [-0.39, 0.29) is 10.8 Å². The Morgan fingerprint density at radius 2 is 0.929 bits per heavy atom. The van der Waals surface area contributed by atoms with E-state index >= 15 is 0 Å². The molecule has 0 aromatic heterocycles. The Kier molecular flexibility index (Phi) is 7.33. The van der Waals surface area contributed by atoms with Crippen LogP contribution in [0.4, 0.5) is 0 Å². The first kappa shape index (κ1) is 28.1. The summed E-state index contributed by atoms with van der Waals surface area (Å²) >= 11 is 0. The van der Waals surface area contributed by atoms with Gasteiger partial charge in [-0.15, -0.1) is 0 Å². The van der Waals surface area contributed by atoms with Gasteiger partial charge in [-0.3, -0.25) is 0 Å². The summed E-state index contributed by atoms with van der Waals surface area (Å²) in [5, 5.41) is 6.85. The van der Waals surface area contributed by atoms with E-state index in [9.17, 15) is 0 Å².